The van der Waals surface area contributed by atoms with Crippen LogP contribution in [-0.2, 0) is 27.2 Å². The van der Waals surface area contributed by atoms with Gasteiger partial charge in [0.1, 0.15) is 15.9 Å². The van der Waals surface area contributed by atoms with E-state index in [4.69, 9.17) is 27.9 Å². The summed E-state index contributed by atoms with van der Waals surface area (Å²) in [6.45, 7) is 2.01. The number of esters is 1. The molecule has 0 fully saturated rings. The largest absolute Gasteiger partial charge is 0.462 e. The van der Waals surface area contributed by atoms with Crippen molar-refractivity contribution in [1.29, 1.82) is 0 Å². The summed E-state index contributed by atoms with van der Waals surface area (Å²) in [5.74, 6) is -1.79. The fourth-order valence-electron chi connectivity index (χ4n) is 6.22. The summed E-state index contributed by atoms with van der Waals surface area (Å²) in [5, 5.41) is 9.04. The van der Waals surface area contributed by atoms with Crippen molar-refractivity contribution in [3.63, 3.8) is 0 Å². The molecule has 0 saturated heterocycles. The Bertz CT molecular complexity index is 2210. The monoisotopic (exact) mass is 811 g/mol. The van der Waals surface area contributed by atoms with Crippen LogP contribution in [0.15, 0.2) is 114 Å². The van der Waals surface area contributed by atoms with Gasteiger partial charge in [-0.15, -0.1) is 23.1 Å². The number of amides is 3. The van der Waals surface area contributed by atoms with Gasteiger partial charge in [0.25, 0.3) is 11.8 Å². The van der Waals surface area contributed by atoms with Crippen molar-refractivity contribution in [3.8, 4) is 0 Å². The quantitative estimate of drug-likeness (QED) is 0.0657. The molecule has 8 nitrogen and oxygen atoms in total. The fourth-order valence-corrected chi connectivity index (χ4v) is 8.94. The number of carbonyl (C=O) groups is 4. The minimum absolute atomic E-state index is 0.0555. The topological polar surface area (TPSA) is 114 Å². The van der Waals surface area contributed by atoms with E-state index >= 15 is 0 Å². The Balaban J connectivity index is 1.27. The van der Waals surface area contributed by atoms with E-state index in [1.165, 1.54) is 29.2 Å². The van der Waals surface area contributed by atoms with Crippen molar-refractivity contribution >= 4 is 86.8 Å². The van der Waals surface area contributed by atoms with Gasteiger partial charge in [-0.2, -0.15) is 0 Å². The standard InChI is InChI=1S/C43H39Cl2N3O5S2/c1-2-53-43(52)36-32-22-11-3-4-12-24-35(32)55-42(36)48-41(51)38(27-15-7-5-8-16-27)54-31-21-14-20-30(26-31)46-40(50)34(25-29-19-13-23-33(44)37(29)45)47-39(49)28-17-9-6-10-18-28/h5-10,13-21,23,25-26,38H,2-4,11-12,22,24H2,1H3,(H,46,50)(H,47,49)(H,48,51)/b34-25+. The van der Waals surface area contributed by atoms with Crippen molar-refractivity contribution in [2.24, 2.45) is 0 Å². The molecule has 1 aliphatic rings. The van der Waals surface area contributed by atoms with Crippen LogP contribution in [0.25, 0.3) is 6.08 Å². The van der Waals surface area contributed by atoms with Gasteiger partial charge < -0.3 is 20.7 Å². The average molecular weight is 813 g/mol. The van der Waals surface area contributed by atoms with E-state index < -0.39 is 23.0 Å². The van der Waals surface area contributed by atoms with Crippen molar-refractivity contribution < 1.29 is 23.9 Å². The molecule has 55 heavy (non-hydrogen) atoms. The van der Waals surface area contributed by atoms with Crippen LogP contribution in [0.2, 0.25) is 10.0 Å². The Labute approximate surface area is 338 Å². The number of carbonyl (C=O) groups excluding carboxylic acids is 4. The lowest BCUT2D eigenvalue weighted by Gasteiger charge is -2.18. The molecule has 3 amide bonds. The van der Waals surface area contributed by atoms with Crippen LogP contribution in [0.1, 0.15) is 80.1 Å². The molecule has 0 spiro atoms. The predicted octanol–water partition coefficient (Wildman–Crippen LogP) is 10.8. The SMILES string of the molecule is CCOC(=O)c1c(NC(=O)C(Sc2cccc(NC(=O)/C(=C\c3cccc(Cl)c3Cl)NC(=O)c3ccccc3)c2)c2ccccc2)sc2c1CCCCCC2. The normalized spacial score (nSPS) is 13.4. The van der Waals surface area contributed by atoms with Crippen LogP contribution in [-0.4, -0.2) is 30.3 Å². The number of benzene rings is 4. The van der Waals surface area contributed by atoms with Gasteiger partial charge >= 0.3 is 5.97 Å². The lowest BCUT2D eigenvalue weighted by Crippen LogP contribution is -2.30. The molecule has 1 aromatic heterocycles. The summed E-state index contributed by atoms with van der Waals surface area (Å²) in [6, 6.07) is 30.1. The third-order valence-electron chi connectivity index (χ3n) is 8.88. The van der Waals surface area contributed by atoms with Crippen molar-refractivity contribution in [3.05, 3.63) is 152 Å². The molecule has 1 heterocycles. The molecule has 3 N–H and O–H groups in total. The van der Waals surface area contributed by atoms with Gasteiger partial charge in [0.15, 0.2) is 0 Å². The molecule has 0 saturated carbocycles. The Morgan fingerprint density at radius 1 is 0.836 bits per heavy atom. The van der Waals surface area contributed by atoms with Gasteiger partial charge in [-0.3, -0.25) is 14.4 Å². The summed E-state index contributed by atoms with van der Waals surface area (Å²) in [7, 11) is 0. The first-order valence-corrected chi connectivity index (χ1v) is 20.4. The second-order valence-corrected chi connectivity index (χ2v) is 15.8. The average Bonchev–Trinajstić information content (AvgIpc) is 3.51. The van der Waals surface area contributed by atoms with E-state index in [-0.39, 0.29) is 23.2 Å². The van der Waals surface area contributed by atoms with E-state index in [9.17, 15) is 19.2 Å². The molecular formula is C43H39Cl2N3O5S2. The van der Waals surface area contributed by atoms with Gasteiger partial charge in [0, 0.05) is 21.0 Å². The predicted molar refractivity (Wildman–Crippen MR) is 223 cm³/mol. The van der Waals surface area contributed by atoms with Gasteiger partial charge in [-0.1, -0.05) is 103 Å². The maximum Gasteiger partial charge on any atom is 0.341 e. The number of thiophene rings is 1. The summed E-state index contributed by atoms with van der Waals surface area (Å²) >= 11 is 15.5. The number of halogens is 2. The number of ether oxygens (including phenoxy) is 1. The Morgan fingerprint density at radius 3 is 2.29 bits per heavy atom. The van der Waals surface area contributed by atoms with Crippen LogP contribution in [0.3, 0.4) is 0 Å². The highest BCUT2D eigenvalue weighted by molar-refractivity contribution is 8.00. The molecule has 12 heteroatoms. The second kappa shape index (κ2) is 19.1. The third-order valence-corrected chi connectivity index (χ3v) is 12.2. The van der Waals surface area contributed by atoms with E-state index in [1.54, 1.807) is 73.7 Å². The minimum atomic E-state index is -0.711. The Hall–Kier alpha value is -4.87. The molecule has 1 aliphatic carbocycles. The molecule has 6 rings (SSSR count). The number of nitrogens with one attached hydrogen (secondary N) is 3. The van der Waals surface area contributed by atoms with Crippen LogP contribution in [0.5, 0.6) is 0 Å². The van der Waals surface area contributed by atoms with E-state index in [0.29, 0.717) is 37.3 Å². The van der Waals surface area contributed by atoms with Crippen LogP contribution in [0, 0.1) is 0 Å². The van der Waals surface area contributed by atoms with Crippen molar-refractivity contribution in [1.82, 2.24) is 5.32 Å². The second-order valence-electron chi connectivity index (χ2n) is 12.7. The highest BCUT2D eigenvalue weighted by Crippen LogP contribution is 2.41. The fraction of sp³-hybridized carbons (Fsp3) is 0.209. The molecule has 0 radical (unpaired) electrons. The van der Waals surface area contributed by atoms with Crippen LogP contribution < -0.4 is 16.0 Å². The number of hydrogen-bond acceptors (Lipinski definition) is 7. The molecule has 282 valence electrons. The maximum absolute atomic E-state index is 14.3. The lowest BCUT2D eigenvalue weighted by atomic mass is 9.96. The molecule has 4 aromatic carbocycles. The minimum Gasteiger partial charge on any atom is -0.462 e. The number of rotatable bonds is 12. The highest BCUT2D eigenvalue weighted by Gasteiger charge is 2.29. The molecule has 0 bridgehead atoms. The first-order valence-electron chi connectivity index (χ1n) is 18.0. The van der Waals surface area contributed by atoms with Gasteiger partial charge in [-0.05, 0) is 91.8 Å². The van der Waals surface area contributed by atoms with Gasteiger partial charge in [-0.25, -0.2) is 4.79 Å². The number of anilines is 2. The summed E-state index contributed by atoms with van der Waals surface area (Å²) in [6.07, 6.45) is 7.33. The number of aryl methyl sites for hydroxylation is 1. The zero-order valence-electron chi connectivity index (χ0n) is 30.0. The van der Waals surface area contributed by atoms with Crippen LogP contribution >= 0.6 is 46.3 Å². The smallest absolute Gasteiger partial charge is 0.341 e. The zero-order valence-corrected chi connectivity index (χ0v) is 33.2. The summed E-state index contributed by atoms with van der Waals surface area (Å²) in [5.41, 5.74) is 3.39. The first kappa shape index (κ1) is 39.8. The molecule has 5 aromatic rings. The zero-order chi connectivity index (χ0) is 38.7. The molecule has 1 atom stereocenters. The van der Waals surface area contributed by atoms with Crippen LogP contribution in [0.4, 0.5) is 10.7 Å². The van der Waals surface area contributed by atoms with Gasteiger partial charge in [0.2, 0.25) is 5.91 Å². The van der Waals surface area contributed by atoms with Crippen molar-refractivity contribution in [2.45, 2.75) is 55.6 Å². The lowest BCUT2D eigenvalue weighted by molar-refractivity contribution is -0.116. The van der Waals surface area contributed by atoms with E-state index in [0.717, 1.165) is 54.5 Å². The number of hydrogen-bond donors (Lipinski definition) is 3. The highest BCUT2D eigenvalue weighted by atomic mass is 35.5. The first-order chi connectivity index (χ1) is 26.7. The number of fused-ring (bicyclic) bond motifs is 1. The number of thioether (sulfide) groups is 1. The maximum atomic E-state index is 14.3. The molecular weight excluding hydrogens is 774 g/mol. The summed E-state index contributed by atoms with van der Waals surface area (Å²) in [4.78, 5) is 56.4. The Kier molecular flexibility index (Phi) is 13.8. The summed E-state index contributed by atoms with van der Waals surface area (Å²) < 4.78 is 5.47. The Morgan fingerprint density at radius 2 is 1.55 bits per heavy atom. The third kappa shape index (κ3) is 10.3. The molecule has 1 unspecified atom stereocenters. The van der Waals surface area contributed by atoms with Gasteiger partial charge in [0.05, 0.1) is 22.2 Å². The van der Waals surface area contributed by atoms with E-state index in [2.05, 4.69) is 16.0 Å². The molecule has 0 aliphatic heterocycles. The van der Waals surface area contributed by atoms with E-state index in [1.807, 2.05) is 36.4 Å². The van der Waals surface area contributed by atoms with Crippen molar-refractivity contribution in [2.75, 3.05) is 17.2 Å².